The predicted molar refractivity (Wildman–Crippen MR) is 72.1 cm³/mol. The lowest BCUT2D eigenvalue weighted by Gasteiger charge is -2.12. The molecule has 0 aromatic heterocycles. The van der Waals surface area contributed by atoms with Gasteiger partial charge in [-0.1, -0.05) is 0 Å². The van der Waals surface area contributed by atoms with E-state index in [4.69, 9.17) is 20.3 Å². The Morgan fingerprint density at radius 2 is 2.16 bits per heavy atom. The number of aliphatic carboxylic acids is 1. The van der Waals surface area contributed by atoms with Crippen LogP contribution in [0.1, 0.15) is 5.56 Å². The molecule has 0 saturated heterocycles. The molecule has 0 unspecified atom stereocenters. The van der Waals surface area contributed by atoms with E-state index in [2.05, 4.69) is 15.9 Å². The molecule has 1 rings (SSSR count). The van der Waals surface area contributed by atoms with Gasteiger partial charge in [0.15, 0.2) is 18.1 Å². The molecule has 0 bridgehead atoms. The molecule has 0 aliphatic rings. The van der Waals surface area contributed by atoms with Crippen molar-refractivity contribution < 1.29 is 24.2 Å². The molecular formula is C12H12BrNO5. The molecule has 0 radical (unpaired) electrons. The van der Waals surface area contributed by atoms with E-state index >= 15 is 0 Å². The van der Waals surface area contributed by atoms with Crippen LogP contribution in [0.4, 0.5) is 0 Å². The Hall–Kier alpha value is -2.02. The number of carbonyl (C=O) groups is 2. The van der Waals surface area contributed by atoms with Gasteiger partial charge in [0.2, 0.25) is 0 Å². The van der Waals surface area contributed by atoms with Gasteiger partial charge in [-0.2, -0.15) is 0 Å². The maximum atomic E-state index is 10.7. The first kappa shape index (κ1) is 15.0. The first-order valence-electron chi connectivity index (χ1n) is 5.13. The number of carbonyl (C=O) groups excluding carboxylic acids is 1. The van der Waals surface area contributed by atoms with Crippen LogP contribution in [0.2, 0.25) is 0 Å². The van der Waals surface area contributed by atoms with Gasteiger partial charge in [0.25, 0.3) is 5.91 Å². The number of methoxy groups -OCH3 is 1. The second kappa shape index (κ2) is 6.79. The first-order valence-corrected chi connectivity index (χ1v) is 5.93. The van der Waals surface area contributed by atoms with Crippen LogP contribution in [0.5, 0.6) is 11.5 Å². The van der Waals surface area contributed by atoms with Crippen molar-refractivity contribution in [1.82, 2.24) is 0 Å². The highest BCUT2D eigenvalue weighted by Gasteiger charge is 2.12. The summed E-state index contributed by atoms with van der Waals surface area (Å²) in [6.45, 7) is -0.279. The predicted octanol–water partition coefficient (Wildman–Crippen LogP) is 1.42. The third-order valence-electron chi connectivity index (χ3n) is 2.03. The number of primary amides is 1. The van der Waals surface area contributed by atoms with E-state index in [0.717, 1.165) is 6.08 Å². The number of carboxylic acid groups (broad SMARTS) is 1. The van der Waals surface area contributed by atoms with E-state index < -0.39 is 11.9 Å². The summed E-state index contributed by atoms with van der Waals surface area (Å²) in [7, 11) is 1.43. The van der Waals surface area contributed by atoms with E-state index in [-0.39, 0.29) is 6.61 Å². The van der Waals surface area contributed by atoms with Gasteiger partial charge in [0, 0.05) is 6.08 Å². The molecule has 0 fully saturated rings. The fourth-order valence-corrected chi connectivity index (χ4v) is 1.86. The topological polar surface area (TPSA) is 98.8 Å². The fourth-order valence-electron chi connectivity index (χ4n) is 1.29. The monoisotopic (exact) mass is 329 g/mol. The minimum atomic E-state index is -1.05. The third-order valence-corrected chi connectivity index (χ3v) is 2.62. The Morgan fingerprint density at radius 1 is 1.47 bits per heavy atom. The van der Waals surface area contributed by atoms with Crippen molar-refractivity contribution in [2.24, 2.45) is 5.73 Å². The maximum absolute atomic E-state index is 10.7. The van der Waals surface area contributed by atoms with Gasteiger partial charge < -0.3 is 20.3 Å². The van der Waals surface area contributed by atoms with Gasteiger partial charge >= 0.3 is 5.97 Å². The van der Waals surface area contributed by atoms with Crippen molar-refractivity contribution in [3.8, 4) is 11.5 Å². The Labute approximate surface area is 117 Å². The number of amides is 1. The van der Waals surface area contributed by atoms with Gasteiger partial charge in [-0.25, -0.2) is 4.79 Å². The molecule has 1 aromatic rings. The summed E-state index contributed by atoms with van der Waals surface area (Å²) >= 11 is 3.26. The summed E-state index contributed by atoms with van der Waals surface area (Å²) in [5, 5.41) is 8.56. The van der Waals surface area contributed by atoms with Gasteiger partial charge in [-0.15, -0.1) is 0 Å². The molecule has 6 nitrogen and oxygen atoms in total. The first-order chi connectivity index (χ1) is 8.93. The standard InChI is InChI=1S/C12H12BrNO5/c1-18-9-5-7(2-3-11(16)17)4-8(13)12(9)19-6-10(14)15/h2-5H,6H2,1H3,(H2,14,15)(H,16,17). The molecule has 0 saturated carbocycles. The molecule has 19 heavy (non-hydrogen) atoms. The van der Waals surface area contributed by atoms with Crippen molar-refractivity contribution >= 4 is 33.9 Å². The van der Waals surface area contributed by atoms with Crippen molar-refractivity contribution in [3.05, 3.63) is 28.2 Å². The number of hydrogen-bond acceptors (Lipinski definition) is 4. The van der Waals surface area contributed by atoms with Crippen molar-refractivity contribution in [2.75, 3.05) is 13.7 Å². The van der Waals surface area contributed by atoms with Gasteiger partial charge in [0.05, 0.1) is 11.6 Å². The zero-order chi connectivity index (χ0) is 14.4. The molecule has 102 valence electrons. The lowest BCUT2D eigenvalue weighted by atomic mass is 10.2. The van der Waals surface area contributed by atoms with E-state index in [1.807, 2.05) is 0 Å². The second-order valence-corrected chi connectivity index (χ2v) is 4.32. The van der Waals surface area contributed by atoms with Gasteiger partial charge in [0.1, 0.15) is 0 Å². The maximum Gasteiger partial charge on any atom is 0.328 e. The number of hydrogen-bond donors (Lipinski definition) is 2. The summed E-state index contributed by atoms with van der Waals surface area (Å²) in [6.07, 6.45) is 2.42. The molecule has 3 N–H and O–H groups in total. The zero-order valence-electron chi connectivity index (χ0n) is 10.1. The summed E-state index contributed by atoms with van der Waals surface area (Å²) in [5.74, 6) is -0.970. The molecule has 0 heterocycles. The van der Waals surface area contributed by atoms with Crippen LogP contribution in [-0.2, 0) is 9.59 Å². The average Bonchev–Trinajstić information content (AvgIpc) is 2.34. The number of halogens is 1. The number of ether oxygens (including phenoxy) is 2. The SMILES string of the molecule is COc1cc(C=CC(=O)O)cc(Br)c1OCC(N)=O. The highest BCUT2D eigenvalue weighted by atomic mass is 79.9. The minimum absolute atomic E-state index is 0.279. The zero-order valence-corrected chi connectivity index (χ0v) is 11.6. The van der Waals surface area contributed by atoms with Crippen LogP contribution in [-0.4, -0.2) is 30.7 Å². The van der Waals surface area contributed by atoms with Gasteiger partial charge in [-0.3, -0.25) is 4.79 Å². The van der Waals surface area contributed by atoms with E-state index in [1.54, 1.807) is 12.1 Å². The summed E-state index contributed by atoms with van der Waals surface area (Å²) in [4.78, 5) is 21.1. The second-order valence-electron chi connectivity index (χ2n) is 3.46. The Balaban J connectivity index is 3.07. The van der Waals surface area contributed by atoms with Crippen molar-refractivity contribution in [3.63, 3.8) is 0 Å². The Morgan fingerprint density at radius 3 is 2.68 bits per heavy atom. The molecule has 1 aromatic carbocycles. The Bertz CT molecular complexity index is 527. The van der Waals surface area contributed by atoms with Crippen LogP contribution < -0.4 is 15.2 Å². The van der Waals surface area contributed by atoms with Crippen molar-refractivity contribution in [2.45, 2.75) is 0 Å². The summed E-state index contributed by atoms with van der Waals surface area (Å²) in [6, 6.07) is 3.22. The van der Waals surface area contributed by atoms with E-state index in [1.165, 1.54) is 13.2 Å². The highest BCUT2D eigenvalue weighted by molar-refractivity contribution is 9.10. The third kappa shape index (κ3) is 4.63. The van der Waals surface area contributed by atoms with Crippen LogP contribution >= 0.6 is 15.9 Å². The van der Waals surface area contributed by atoms with Crippen LogP contribution in [0, 0.1) is 0 Å². The smallest absolute Gasteiger partial charge is 0.328 e. The summed E-state index contributed by atoms with van der Waals surface area (Å²) < 4.78 is 10.9. The minimum Gasteiger partial charge on any atom is -0.493 e. The molecule has 0 aliphatic carbocycles. The molecule has 7 heteroatoms. The molecule has 0 spiro atoms. The lowest BCUT2D eigenvalue weighted by Crippen LogP contribution is -2.20. The van der Waals surface area contributed by atoms with E-state index in [0.29, 0.717) is 21.5 Å². The number of carboxylic acids is 1. The Kier molecular flexibility index (Phi) is 5.37. The highest BCUT2D eigenvalue weighted by Crippen LogP contribution is 2.36. The average molecular weight is 330 g/mol. The van der Waals surface area contributed by atoms with E-state index in [9.17, 15) is 9.59 Å². The number of rotatable bonds is 6. The number of benzene rings is 1. The fraction of sp³-hybridized carbons (Fsp3) is 0.167. The van der Waals surface area contributed by atoms with Crippen LogP contribution in [0.25, 0.3) is 6.08 Å². The number of nitrogens with two attached hydrogens (primary N) is 1. The van der Waals surface area contributed by atoms with Crippen LogP contribution in [0.3, 0.4) is 0 Å². The molecule has 0 atom stereocenters. The largest absolute Gasteiger partial charge is 0.493 e. The van der Waals surface area contributed by atoms with Crippen molar-refractivity contribution in [1.29, 1.82) is 0 Å². The van der Waals surface area contributed by atoms with Crippen LogP contribution in [0.15, 0.2) is 22.7 Å². The lowest BCUT2D eigenvalue weighted by molar-refractivity contribution is -0.131. The molecule has 1 amide bonds. The molecular weight excluding hydrogens is 318 g/mol. The summed E-state index contributed by atoms with van der Waals surface area (Å²) in [5.41, 5.74) is 5.61. The molecule has 0 aliphatic heterocycles. The van der Waals surface area contributed by atoms with Gasteiger partial charge in [-0.05, 0) is 39.7 Å². The quantitative estimate of drug-likeness (QED) is 0.769. The normalized spacial score (nSPS) is 10.4.